The van der Waals surface area contributed by atoms with Crippen LogP contribution in [-0.4, -0.2) is 0 Å². The highest BCUT2D eigenvalue weighted by atomic mass is 14.3. The fraction of sp³-hybridized carbons (Fsp3) is 0.500. The zero-order chi connectivity index (χ0) is 9.97. The average Bonchev–Trinajstić information content (AvgIpc) is 2.19. The quantitative estimate of drug-likeness (QED) is 0.622. The van der Waals surface area contributed by atoms with Crippen molar-refractivity contribution in [2.24, 2.45) is 11.8 Å². The Kier molecular flexibility index (Phi) is 2.90. The Labute approximate surface area is 87.3 Å². The number of rotatable bonds is 1. The molecule has 1 aliphatic carbocycles. The van der Waals surface area contributed by atoms with Crippen LogP contribution < -0.4 is 0 Å². The molecule has 3 unspecified atom stereocenters. The molecule has 0 spiro atoms. The Hall–Kier alpha value is -0.780. The van der Waals surface area contributed by atoms with E-state index in [9.17, 15) is 0 Å². The fourth-order valence-electron chi connectivity index (χ4n) is 2.64. The van der Waals surface area contributed by atoms with Gasteiger partial charge in [-0.05, 0) is 43.1 Å². The van der Waals surface area contributed by atoms with E-state index >= 15 is 0 Å². The standard InChI is InChI=1S/C14H19/c1-11-8-9-14(12(2)10-11)13-6-4-3-5-7-13/h3-7,11-12,14H,2,8-10H2,1H3. The van der Waals surface area contributed by atoms with Gasteiger partial charge in [-0.25, -0.2) is 0 Å². The van der Waals surface area contributed by atoms with E-state index in [0.717, 1.165) is 5.92 Å². The Morgan fingerprint density at radius 1 is 1.14 bits per heavy atom. The number of hydrogen-bond acceptors (Lipinski definition) is 0. The molecule has 0 N–H and O–H groups in total. The van der Waals surface area contributed by atoms with Crippen molar-refractivity contribution >= 4 is 0 Å². The van der Waals surface area contributed by atoms with E-state index in [2.05, 4.69) is 44.2 Å². The minimum atomic E-state index is 0.612. The van der Waals surface area contributed by atoms with Crippen LogP contribution in [0.15, 0.2) is 30.3 Å². The lowest BCUT2D eigenvalue weighted by molar-refractivity contribution is 0.284. The zero-order valence-corrected chi connectivity index (χ0v) is 8.95. The van der Waals surface area contributed by atoms with Crippen molar-refractivity contribution in [2.75, 3.05) is 0 Å². The van der Waals surface area contributed by atoms with Crippen LogP contribution >= 0.6 is 0 Å². The Balaban J connectivity index is 2.12. The lowest BCUT2D eigenvalue weighted by atomic mass is 9.73. The molecule has 0 amide bonds. The summed E-state index contributed by atoms with van der Waals surface area (Å²) in [5, 5.41) is 0. The molecule has 75 valence electrons. The largest absolute Gasteiger partial charge is 0.0625 e. The van der Waals surface area contributed by atoms with E-state index in [1.807, 2.05) is 0 Å². The summed E-state index contributed by atoms with van der Waals surface area (Å²) in [4.78, 5) is 0. The molecule has 0 saturated heterocycles. The highest BCUT2D eigenvalue weighted by Crippen LogP contribution is 2.39. The summed E-state index contributed by atoms with van der Waals surface area (Å²) >= 11 is 0. The summed E-state index contributed by atoms with van der Waals surface area (Å²) < 4.78 is 0. The van der Waals surface area contributed by atoms with E-state index in [1.54, 1.807) is 0 Å². The van der Waals surface area contributed by atoms with Crippen molar-refractivity contribution in [1.29, 1.82) is 0 Å². The van der Waals surface area contributed by atoms with Crippen LogP contribution in [0.3, 0.4) is 0 Å². The first-order valence-corrected chi connectivity index (χ1v) is 5.65. The zero-order valence-electron chi connectivity index (χ0n) is 8.95. The molecule has 1 aromatic rings. The lowest BCUT2D eigenvalue weighted by Gasteiger charge is -2.32. The molecule has 0 heteroatoms. The first-order valence-electron chi connectivity index (χ1n) is 5.65. The van der Waals surface area contributed by atoms with Gasteiger partial charge in [0.25, 0.3) is 0 Å². The summed E-state index contributed by atoms with van der Waals surface area (Å²) in [6.07, 6.45) is 3.98. The Morgan fingerprint density at radius 3 is 2.50 bits per heavy atom. The molecule has 1 radical (unpaired) electrons. The van der Waals surface area contributed by atoms with Gasteiger partial charge < -0.3 is 0 Å². The molecule has 14 heavy (non-hydrogen) atoms. The number of benzene rings is 1. The second-order valence-corrected chi connectivity index (χ2v) is 4.70. The van der Waals surface area contributed by atoms with Gasteiger partial charge in [0.1, 0.15) is 0 Å². The Morgan fingerprint density at radius 2 is 1.86 bits per heavy atom. The average molecular weight is 187 g/mol. The van der Waals surface area contributed by atoms with Crippen LogP contribution in [0.25, 0.3) is 0 Å². The molecule has 0 bridgehead atoms. The minimum Gasteiger partial charge on any atom is -0.0625 e. The monoisotopic (exact) mass is 187 g/mol. The smallest absolute Gasteiger partial charge is 0.0133 e. The molecule has 0 nitrogen and oxygen atoms in total. The molecular formula is C14H19. The topological polar surface area (TPSA) is 0 Å². The van der Waals surface area contributed by atoms with Crippen molar-refractivity contribution < 1.29 is 0 Å². The van der Waals surface area contributed by atoms with Crippen molar-refractivity contribution in [1.82, 2.24) is 0 Å². The SMILES string of the molecule is [CH2]C1CC(C)CCC1c1ccccc1. The normalized spacial score (nSPS) is 32.9. The maximum Gasteiger partial charge on any atom is -0.0133 e. The van der Waals surface area contributed by atoms with E-state index in [4.69, 9.17) is 0 Å². The number of hydrogen-bond donors (Lipinski definition) is 0. The molecule has 1 aromatic carbocycles. The molecule has 0 aromatic heterocycles. The molecular weight excluding hydrogens is 168 g/mol. The molecule has 1 saturated carbocycles. The molecule has 2 rings (SSSR count). The van der Waals surface area contributed by atoms with Gasteiger partial charge in [0.05, 0.1) is 0 Å². The van der Waals surface area contributed by atoms with E-state index < -0.39 is 0 Å². The summed E-state index contributed by atoms with van der Waals surface area (Å²) in [6, 6.07) is 10.9. The summed E-state index contributed by atoms with van der Waals surface area (Å²) in [7, 11) is 0. The molecule has 0 aliphatic heterocycles. The van der Waals surface area contributed by atoms with Gasteiger partial charge >= 0.3 is 0 Å². The van der Waals surface area contributed by atoms with Crippen LogP contribution in [0.2, 0.25) is 0 Å². The van der Waals surface area contributed by atoms with Crippen LogP contribution in [0.1, 0.15) is 37.7 Å². The van der Waals surface area contributed by atoms with Gasteiger partial charge in [-0.2, -0.15) is 0 Å². The second-order valence-electron chi connectivity index (χ2n) is 4.70. The van der Waals surface area contributed by atoms with Gasteiger partial charge in [0, 0.05) is 0 Å². The minimum absolute atomic E-state index is 0.612. The van der Waals surface area contributed by atoms with Gasteiger partial charge in [-0.15, -0.1) is 0 Å². The van der Waals surface area contributed by atoms with E-state index in [1.165, 1.54) is 24.8 Å². The highest BCUT2D eigenvalue weighted by Gasteiger charge is 2.26. The third-order valence-corrected chi connectivity index (χ3v) is 3.47. The maximum atomic E-state index is 4.31. The third kappa shape index (κ3) is 2.00. The summed E-state index contributed by atoms with van der Waals surface area (Å²) in [5.74, 6) is 2.19. The molecule has 1 aliphatic rings. The molecule has 3 atom stereocenters. The van der Waals surface area contributed by atoms with Gasteiger partial charge in [-0.3, -0.25) is 0 Å². The van der Waals surface area contributed by atoms with Crippen LogP contribution in [0, 0.1) is 18.8 Å². The van der Waals surface area contributed by atoms with Gasteiger partial charge in [-0.1, -0.05) is 43.7 Å². The third-order valence-electron chi connectivity index (χ3n) is 3.47. The lowest BCUT2D eigenvalue weighted by Crippen LogP contribution is -2.19. The summed E-state index contributed by atoms with van der Waals surface area (Å²) in [6.45, 7) is 6.65. The van der Waals surface area contributed by atoms with Crippen LogP contribution in [0.4, 0.5) is 0 Å². The van der Waals surface area contributed by atoms with E-state index in [0.29, 0.717) is 11.8 Å². The fourth-order valence-corrected chi connectivity index (χ4v) is 2.64. The first-order chi connectivity index (χ1) is 6.77. The van der Waals surface area contributed by atoms with Crippen LogP contribution in [-0.2, 0) is 0 Å². The van der Waals surface area contributed by atoms with Crippen molar-refractivity contribution in [3.05, 3.63) is 42.8 Å². The maximum absolute atomic E-state index is 4.31. The molecule has 1 fully saturated rings. The summed E-state index contributed by atoms with van der Waals surface area (Å²) in [5.41, 5.74) is 1.49. The highest BCUT2D eigenvalue weighted by molar-refractivity contribution is 5.21. The molecule has 0 heterocycles. The van der Waals surface area contributed by atoms with Gasteiger partial charge in [0.15, 0.2) is 0 Å². The Bertz CT molecular complexity index is 275. The van der Waals surface area contributed by atoms with Crippen molar-refractivity contribution in [3.63, 3.8) is 0 Å². The van der Waals surface area contributed by atoms with Crippen LogP contribution in [0.5, 0.6) is 0 Å². The first kappa shape index (κ1) is 9.76. The van der Waals surface area contributed by atoms with Gasteiger partial charge in [0.2, 0.25) is 0 Å². The predicted octanol–water partition coefficient (Wildman–Crippen LogP) is 4.04. The van der Waals surface area contributed by atoms with Crippen molar-refractivity contribution in [3.8, 4) is 0 Å². The van der Waals surface area contributed by atoms with E-state index in [-0.39, 0.29) is 0 Å². The predicted molar refractivity (Wildman–Crippen MR) is 61.0 cm³/mol. The second kappa shape index (κ2) is 4.16. The van der Waals surface area contributed by atoms with Crippen molar-refractivity contribution in [2.45, 2.75) is 32.1 Å².